The van der Waals surface area contributed by atoms with Crippen LogP contribution in [-0.4, -0.2) is 67.4 Å². The third kappa shape index (κ3) is 5.73. The van der Waals surface area contributed by atoms with E-state index < -0.39 is 18.4 Å². The number of carbonyl (C=O) groups is 1. The summed E-state index contributed by atoms with van der Waals surface area (Å²) in [6, 6.07) is 5.07. The molecule has 1 aromatic rings. The minimum atomic E-state index is -4.55. The van der Waals surface area contributed by atoms with Crippen LogP contribution in [0.25, 0.3) is 0 Å². The lowest BCUT2D eigenvalue weighted by atomic mass is 9.78. The smallest absolute Gasteiger partial charge is 0.425 e. The molecule has 0 bridgehead atoms. The van der Waals surface area contributed by atoms with E-state index in [2.05, 4.69) is 14.5 Å². The zero-order chi connectivity index (χ0) is 23.6. The number of ether oxygens (including phenoxy) is 1. The molecule has 0 aromatic heterocycles. The third-order valence-electron chi connectivity index (χ3n) is 7.48. The Morgan fingerprint density at radius 3 is 2.39 bits per heavy atom. The van der Waals surface area contributed by atoms with Gasteiger partial charge in [0.15, 0.2) is 6.10 Å². The van der Waals surface area contributed by atoms with Gasteiger partial charge in [-0.1, -0.05) is 6.07 Å². The summed E-state index contributed by atoms with van der Waals surface area (Å²) < 4.78 is 56.7. The number of carbonyl (C=O) groups excluding carboxylic acids is 1. The van der Waals surface area contributed by atoms with Crippen LogP contribution in [0.5, 0.6) is 0 Å². The molecular formula is C24H33F4N3O2. The van der Waals surface area contributed by atoms with Crippen LogP contribution in [0.2, 0.25) is 0 Å². The largest absolute Gasteiger partial charge is 0.437 e. The molecule has 184 valence electrons. The summed E-state index contributed by atoms with van der Waals surface area (Å²) in [6.07, 6.45) is -1.57. The zero-order valence-corrected chi connectivity index (χ0v) is 19.2. The lowest BCUT2D eigenvalue weighted by molar-refractivity contribution is -0.200. The van der Waals surface area contributed by atoms with Crippen LogP contribution in [0.1, 0.15) is 51.0 Å². The minimum Gasteiger partial charge on any atom is -0.437 e. The van der Waals surface area contributed by atoms with Gasteiger partial charge < -0.3 is 14.5 Å². The Labute approximate surface area is 192 Å². The Hall–Kier alpha value is -2.03. The van der Waals surface area contributed by atoms with Gasteiger partial charge in [-0.2, -0.15) is 13.2 Å². The summed E-state index contributed by atoms with van der Waals surface area (Å²) in [4.78, 5) is 18.2. The highest BCUT2D eigenvalue weighted by Gasteiger charge is 2.44. The molecule has 33 heavy (non-hydrogen) atoms. The number of nitrogens with zero attached hydrogens (tertiary/aromatic N) is 3. The van der Waals surface area contributed by atoms with Crippen molar-refractivity contribution in [3.05, 3.63) is 29.6 Å². The van der Waals surface area contributed by atoms with E-state index in [4.69, 9.17) is 0 Å². The molecule has 0 saturated carbocycles. The second kappa shape index (κ2) is 9.68. The van der Waals surface area contributed by atoms with Gasteiger partial charge in [0.2, 0.25) is 0 Å². The number of likely N-dealkylation sites (tertiary alicyclic amines) is 2. The summed E-state index contributed by atoms with van der Waals surface area (Å²) in [7, 11) is 0. The number of rotatable bonds is 4. The van der Waals surface area contributed by atoms with E-state index in [-0.39, 0.29) is 11.2 Å². The normalized spacial score (nSPS) is 22.6. The van der Waals surface area contributed by atoms with Crippen LogP contribution in [0.15, 0.2) is 18.2 Å². The van der Waals surface area contributed by atoms with Gasteiger partial charge >= 0.3 is 12.3 Å². The highest BCUT2D eigenvalue weighted by molar-refractivity contribution is 5.68. The molecule has 3 fully saturated rings. The van der Waals surface area contributed by atoms with E-state index in [9.17, 15) is 22.4 Å². The van der Waals surface area contributed by atoms with Crippen LogP contribution < -0.4 is 4.90 Å². The van der Waals surface area contributed by atoms with Crippen LogP contribution in [0.4, 0.5) is 28.0 Å². The highest BCUT2D eigenvalue weighted by Crippen LogP contribution is 2.41. The molecule has 3 heterocycles. The van der Waals surface area contributed by atoms with Gasteiger partial charge in [-0.25, -0.2) is 9.18 Å². The van der Waals surface area contributed by atoms with Crippen molar-refractivity contribution in [2.75, 3.05) is 44.2 Å². The third-order valence-corrected chi connectivity index (χ3v) is 7.48. The van der Waals surface area contributed by atoms with Gasteiger partial charge in [0.1, 0.15) is 5.82 Å². The molecule has 0 aliphatic carbocycles. The Bertz CT molecular complexity index is 833. The van der Waals surface area contributed by atoms with Crippen molar-refractivity contribution in [3.63, 3.8) is 0 Å². The quantitative estimate of drug-likeness (QED) is 0.567. The molecule has 1 unspecified atom stereocenters. The molecule has 4 rings (SSSR count). The number of alkyl halides is 3. The number of benzene rings is 1. The predicted molar refractivity (Wildman–Crippen MR) is 118 cm³/mol. The van der Waals surface area contributed by atoms with Crippen LogP contribution in [0, 0.1) is 11.2 Å². The van der Waals surface area contributed by atoms with Crippen molar-refractivity contribution in [2.45, 2.75) is 64.3 Å². The van der Waals surface area contributed by atoms with Crippen molar-refractivity contribution in [1.82, 2.24) is 9.80 Å². The van der Waals surface area contributed by atoms with E-state index in [1.54, 1.807) is 6.07 Å². The molecule has 3 aliphatic rings. The lowest BCUT2D eigenvalue weighted by Gasteiger charge is -2.39. The van der Waals surface area contributed by atoms with Crippen molar-refractivity contribution < 1.29 is 27.1 Å². The first-order valence-electron chi connectivity index (χ1n) is 11.9. The maximum atomic E-state index is 14.0. The Balaban J connectivity index is 1.33. The SMILES string of the molecule is CC(OC(=O)N1CCC2(CCN(Cc3ccc(F)cc3N3CCCCC3)C2)CC1)C(F)(F)F. The molecule has 1 spiro atoms. The van der Waals surface area contributed by atoms with Crippen molar-refractivity contribution >= 4 is 11.8 Å². The van der Waals surface area contributed by atoms with Gasteiger partial charge in [-0.3, -0.25) is 4.90 Å². The maximum absolute atomic E-state index is 14.0. The predicted octanol–water partition coefficient (Wildman–Crippen LogP) is 5.19. The fraction of sp³-hybridized carbons (Fsp3) is 0.708. The van der Waals surface area contributed by atoms with E-state index in [1.807, 2.05) is 6.07 Å². The number of piperidine rings is 2. The lowest BCUT2D eigenvalue weighted by Crippen LogP contribution is -2.46. The Morgan fingerprint density at radius 2 is 1.73 bits per heavy atom. The van der Waals surface area contributed by atoms with Gasteiger partial charge in [0.25, 0.3) is 0 Å². The molecule has 5 nitrogen and oxygen atoms in total. The molecular weight excluding hydrogens is 438 g/mol. The monoisotopic (exact) mass is 471 g/mol. The van der Waals surface area contributed by atoms with Gasteiger partial charge in [0.05, 0.1) is 0 Å². The van der Waals surface area contributed by atoms with Crippen molar-refractivity contribution in [3.8, 4) is 0 Å². The average molecular weight is 472 g/mol. The first-order chi connectivity index (χ1) is 15.7. The summed E-state index contributed by atoms with van der Waals surface area (Å²) in [6.45, 7) is 6.14. The fourth-order valence-corrected chi connectivity index (χ4v) is 5.37. The average Bonchev–Trinajstić information content (AvgIpc) is 3.17. The van der Waals surface area contributed by atoms with E-state index in [1.165, 1.54) is 17.4 Å². The van der Waals surface area contributed by atoms with Crippen molar-refractivity contribution in [2.24, 2.45) is 5.41 Å². The zero-order valence-electron chi connectivity index (χ0n) is 19.2. The number of amides is 1. The second-order valence-corrected chi connectivity index (χ2v) is 9.84. The molecule has 0 N–H and O–H groups in total. The molecule has 1 aromatic carbocycles. The molecule has 3 aliphatic heterocycles. The minimum absolute atomic E-state index is 0.0672. The first kappa shape index (κ1) is 24.1. The van der Waals surface area contributed by atoms with Crippen LogP contribution >= 0.6 is 0 Å². The highest BCUT2D eigenvalue weighted by atomic mass is 19.4. The molecule has 9 heteroatoms. The van der Waals surface area contributed by atoms with Gasteiger partial charge in [0, 0.05) is 45.0 Å². The topological polar surface area (TPSA) is 36.0 Å². The maximum Gasteiger partial charge on any atom is 0.425 e. The van der Waals surface area contributed by atoms with E-state index in [0.717, 1.165) is 83.0 Å². The molecule has 0 radical (unpaired) electrons. The van der Waals surface area contributed by atoms with E-state index >= 15 is 0 Å². The van der Waals surface area contributed by atoms with Gasteiger partial charge in [-0.15, -0.1) is 0 Å². The molecule has 1 amide bonds. The second-order valence-electron chi connectivity index (χ2n) is 9.84. The number of hydrogen-bond acceptors (Lipinski definition) is 4. The van der Waals surface area contributed by atoms with Crippen LogP contribution in [-0.2, 0) is 11.3 Å². The summed E-state index contributed by atoms with van der Waals surface area (Å²) in [5.74, 6) is -0.212. The number of anilines is 1. The molecule has 3 saturated heterocycles. The standard InChI is InChI=1S/C24H33F4N3O2/c1-18(24(26,27)28)33-22(32)31-13-8-23(9-14-31)7-12-29(17-23)16-19-5-6-20(25)15-21(19)30-10-3-2-4-11-30/h5-6,15,18H,2-4,7-14,16-17H2,1H3. The Kier molecular flexibility index (Phi) is 7.07. The first-order valence-corrected chi connectivity index (χ1v) is 11.9. The molecule has 1 atom stereocenters. The van der Waals surface area contributed by atoms with E-state index in [0.29, 0.717) is 13.1 Å². The van der Waals surface area contributed by atoms with Gasteiger partial charge in [-0.05, 0) is 75.1 Å². The van der Waals surface area contributed by atoms with Crippen LogP contribution in [0.3, 0.4) is 0 Å². The fourth-order valence-electron chi connectivity index (χ4n) is 5.37. The summed E-state index contributed by atoms with van der Waals surface area (Å²) in [5.41, 5.74) is 2.20. The number of hydrogen-bond donors (Lipinski definition) is 0. The summed E-state index contributed by atoms with van der Waals surface area (Å²) >= 11 is 0. The Morgan fingerprint density at radius 1 is 1.06 bits per heavy atom. The van der Waals surface area contributed by atoms with Crippen molar-refractivity contribution in [1.29, 1.82) is 0 Å². The number of halogens is 4. The summed E-state index contributed by atoms with van der Waals surface area (Å²) in [5, 5.41) is 0.